The molecule has 0 fully saturated rings. The van der Waals surface area contributed by atoms with Gasteiger partial charge in [-0.1, -0.05) is 6.92 Å². The number of aryl methyl sites for hydroxylation is 1. The van der Waals surface area contributed by atoms with Gasteiger partial charge in [-0.3, -0.25) is 0 Å². The van der Waals surface area contributed by atoms with Gasteiger partial charge in [-0.25, -0.2) is 9.97 Å². The van der Waals surface area contributed by atoms with Crippen LogP contribution in [-0.4, -0.2) is 21.1 Å². The van der Waals surface area contributed by atoms with Crippen molar-refractivity contribution in [3.05, 3.63) is 24.6 Å². The van der Waals surface area contributed by atoms with Gasteiger partial charge in [-0.05, 0) is 6.54 Å². The quantitative estimate of drug-likeness (QED) is 0.816. The predicted octanol–water partition coefficient (Wildman–Crippen LogP) is 1.18. The summed E-state index contributed by atoms with van der Waals surface area (Å²) in [5.74, 6) is 1.40. The molecule has 0 aliphatic rings. The Bertz CT molecular complexity index is 432. The van der Waals surface area contributed by atoms with Crippen molar-refractivity contribution in [1.82, 2.24) is 19.9 Å². The average molecular weight is 206 g/mol. The van der Waals surface area contributed by atoms with E-state index < -0.39 is 0 Å². The predicted molar refractivity (Wildman–Crippen MR) is 56.1 cm³/mol. The molecule has 2 aromatic heterocycles. The first-order valence-corrected chi connectivity index (χ1v) is 4.93. The molecule has 5 nitrogen and oxygen atoms in total. The number of aromatic nitrogens is 3. The molecule has 0 unspecified atom stereocenters. The van der Waals surface area contributed by atoms with Crippen LogP contribution in [0.2, 0.25) is 0 Å². The number of hydrogen-bond acceptors (Lipinski definition) is 4. The number of rotatable bonds is 4. The highest BCUT2D eigenvalue weighted by molar-refractivity contribution is 5.48. The van der Waals surface area contributed by atoms with Crippen molar-refractivity contribution in [2.24, 2.45) is 7.05 Å². The van der Waals surface area contributed by atoms with Gasteiger partial charge in [0.25, 0.3) is 0 Å². The van der Waals surface area contributed by atoms with E-state index in [9.17, 15) is 0 Å². The standard InChI is InChI=1S/C10H14N4O/c1-3-11-5-10-12-4-9(15-10)8-6-14(2)7-13-8/h4,6-7,11H,3,5H2,1-2H3. The van der Waals surface area contributed by atoms with Crippen LogP contribution in [0, 0.1) is 0 Å². The lowest BCUT2D eigenvalue weighted by molar-refractivity contribution is 0.481. The normalized spacial score (nSPS) is 10.8. The molecule has 0 spiro atoms. The Hall–Kier alpha value is -1.62. The lowest BCUT2D eigenvalue weighted by Gasteiger charge is -1.94. The second-order valence-corrected chi connectivity index (χ2v) is 3.32. The summed E-state index contributed by atoms with van der Waals surface area (Å²) in [7, 11) is 1.92. The third kappa shape index (κ3) is 2.24. The third-order valence-electron chi connectivity index (χ3n) is 2.04. The van der Waals surface area contributed by atoms with Crippen molar-refractivity contribution >= 4 is 0 Å². The van der Waals surface area contributed by atoms with Crippen LogP contribution in [0.15, 0.2) is 23.1 Å². The van der Waals surface area contributed by atoms with Crippen LogP contribution in [0.1, 0.15) is 12.8 Å². The summed E-state index contributed by atoms with van der Waals surface area (Å²) in [5, 5.41) is 3.15. The van der Waals surface area contributed by atoms with E-state index in [0.29, 0.717) is 18.2 Å². The first-order valence-electron chi connectivity index (χ1n) is 4.93. The number of imidazole rings is 1. The van der Waals surface area contributed by atoms with E-state index in [1.807, 2.05) is 24.7 Å². The summed E-state index contributed by atoms with van der Waals surface area (Å²) >= 11 is 0. The van der Waals surface area contributed by atoms with Crippen LogP contribution in [0.4, 0.5) is 0 Å². The van der Waals surface area contributed by atoms with Crippen molar-refractivity contribution in [2.75, 3.05) is 6.54 Å². The largest absolute Gasteiger partial charge is 0.438 e. The zero-order valence-corrected chi connectivity index (χ0v) is 8.90. The molecule has 0 amide bonds. The van der Waals surface area contributed by atoms with Crippen molar-refractivity contribution < 1.29 is 4.42 Å². The van der Waals surface area contributed by atoms with Gasteiger partial charge in [-0.2, -0.15) is 0 Å². The molecule has 5 heteroatoms. The van der Waals surface area contributed by atoms with Gasteiger partial charge in [-0.15, -0.1) is 0 Å². The molecular formula is C10H14N4O. The van der Waals surface area contributed by atoms with Crippen LogP contribution in [0.25, 0.3) is 11.5 Å². The van der Waals surface area contributed by atoms with E-state index in [-0.39, 0.29) is 0 Å². The van der Waals surface area contributed by atoms with E-state index in [0.717, 1.165) is 12.2 Å². The van der Waals surface area contributed by atoms with Gasteiger partial charge in [0.05, 0.1) is 19.1 Å². The minimum atomic E-state index is 0.656. The zero-order chi connectivity index (χ0) is 10.7. The summed E-state index contributed by atoms with van der Waals surface area (Å²) in [5.41, 5.74) is 0.813. The lowest BCUT2D eigenvalue weighted by Crippen LogP contribution is -2.11. The van der Waals surface area contributed by atoms with Gasteiger partial charge in [0.1, 0.15) is 5.69 Å². The van der Waals surface area contributed by atoms with Gasteiger partial charge in [0.15, 0.2) is 5.76 Å². The fourth-order valence-corrected chi connectivity index (χ4v) is 1.28. The van der Waals surface area contributed by atoms with E-state index in [2.05, 4.69) is 15.3 Å². The Labute approximate surface area is 88.2 Å². The molecule has 0 atom stereocenters. The van der Waals surface area contributed by atoms with E-state index in [4.69, 9.17) is 4.42 Å². The number of nitrogens with zero attached hydrogens (tertiary/aromatic N) is 3. The smallest absolute Gasteiger partial charge is 0.208 e. The highest BCUT2D eigenvalue weighted by Gasteiger charge is 2.07. The Balaban J connectivity index is 2.13. The maximum Gasteiger partial charge on any atom is 0.208 e. The Morgan fingerprint density at radius 1 is 1.47 bits per heavy atom. The second-order valence-electron chi connectivity index (χ2n) is 3.32. The van der Waals surface area contributed by atoms with Crippen molar-refractivity contribution in [2.45, 2.75) is 13.5 Å². The van der Waals surface area contributed by atoms with Crippen molar-refractivity contribution in [3.8, 4) is 11.5 Å². The minimum Gasteiger partial charge on any atom is -0.438 e. The molecule has 0 saturated heterocycles. The van der Waals surface area contributed by atoms with Crippen LogP contribution in [-0.2, 0) is 13.6 Å². The molecule has 0 aliphatic heterocycles. The molecule has 0 aliphatic carbocycles. The number of oxazole rings is 1. The molecule has 0 saturated carbocycles. The fourth-order valence-electron chi connectivity index (χ4n) is 1.28. The highest BCUT2D eigenvalue weighted by atomic mass is 16.4. The molecular weight excluding hydrogens is 192 g/mol. The average Bonchev–Trinajstić information content (AvgIpc) is 2.83. The molecule has 0 radical (unpaired) electrons. The van der Waals surface area contributed by atoms with Crippen LogP contribution < -0.4 is 5.32 Å². The summed E-state index contributed by atoms with van der Waals surface area (Å²) in [6.45, 7) is 3.60. The highest BCUT2D eigenvalue weighted by Crippen LogP contribution is 2.17. The molecule has 2 aromatic rings. The maximum absolute atomic E-state index is 5.54. The molecule has 2 heterocycles. The van der Waals surface area contributed by atoms with E-state index in [1.165, 1.54) is 0 Å². The fraction of sp³-hybridized carbons (Fsp3) is 0.400. The molecule has 1 N–H and O–H groups in total. The summed E-state index contributed by atoms with van der Waals surface area (Å²) in [6.07, 6.45) is 5.34. The van der Waals surface area contributed by atoms with E-state index in [1.54, 1.807) is 12.5 Å². The monoisotopic (exact) mass is 206 g/mol. The Morgan fingerprint density at radius 2 is 2.33 bits per heavy atom. The molecule has 80 valence electrons. The molecule has 0 aromatic carbocycles. The van der Waals surface area contributed by atoms with Crippen molar-refractivity contribution in [1.29, 1.82) is 0 Å². The summed E-state index contributed by atoms with van der Waals surface area (Å²) in [6, 6.07) is 0. The first-order chi connectivity index (χ1) is 7.29. The Kier molecular flexibility index (Phi) is 2.82. The van der Waals surface area contributed by atoms with Crippen LogP contribution in [0.5, 0.6) is 0 Å². The van der Waals surface area contributed by atoms with Crippen LogP contribution >= 0.6 is 0 Å². The van der Waals surface area contributed by atoms with E-state index >= 15 is 0 Å². The first kappa shape index (κ1) is 9.92. The van der Waals surface area contributed by atoms with Gasteiger partial charge in [0.2, 0.25) is 5.89 Å². The molecule has 2 rings (SSSR count). The van der Waals surface area contributed by atoms with Gasteiger partial charge in [0, 0.05) is 13.2 Å². The summed E-state index contributed by atoms with van der Waals surface area (Å²) < 4.78 is 7.41. The minimum absolute atomic E-state index is 0.656. The number of nitrogens with one attached hydrogen (secondary N) is 1. The molecule has 15 heavy (non-hydrogen) atoms. The molecule has 0 bridgehead atoms. The Morgan fingerprint density at radius 3 is 3.00 bits per heavy atom. The van der Waals surface area contributed by atoms with Crippen LogP contribution in [0.3, 0.4) is 0 Å². The number of hydrogen-bond donors (Lipinski definition) is 1. The van der Waals surface area contributed by atoms with Crippen molar-refractivity contribution in [3.63, 3.8) is 0 Å². The SMILES string of the molecule is CCNCc1ncc(-c2cn(C)cn2)o1. The third-order valence-corrected chi connectivity index (χ3v) is 2.04. The second kappa shape index (κ2) is 4.27. The maximum atomic E-state index is 5.54. The van der Waals surface area contributed by atoms with Gasteiger partial charge >= 0.3 is 0 Å². The lowest BCUT2D eigenvalue weighted by atomic mass is 10.4. The van der Waals surface area contributed by atoms with Gasteiger partial charge < -0.3 is 14.3 Å². The topological polar surface area (TPSA) is 55.9 Å². The summed E-state index contributed by atoms with van der Waals surface area (Å²) in [4.78, 5) is 8.35. The zero-order valence-electron chi connectivity index (χ0n) is 8.90.